The van der Waals surface area contributed by atoms with Crippen LogP contribution in [0.2, 0.25) is 0 Å². The van der Waals surface area contributed by atoms with Gasteiger partial charge in [-0.15, -0.1) is 0 Å². The largest absolute Gasteiger partial charge is 0.399 e. The molecule has 20 heavy (non-hydrogen) atoms. The summed E-state index contributed by atoms with van der Waals surface area (Å²) in [4.78, 5) is 14.2. The fourth-order valence-corrected chi connectivity index (χ4v) is 2.53. The number of aliphatic hydroxyl groups is 1. The van der Waals surface area contributed by atoms with Gasteiger partial charge in [-0.05, 0) is 37.0 Å². The predicted octanol–water partition coefficient (Wildman–Crippen LogP) is 1.22. The van der Waals surface area contributed by atoms with Gasteiger partial charge in [-0.2, -0.15) is 0 Å². The molecule has 0 radical (unpaired) electrons. The summed E-state index contributed by atoms with van der Waals surface area (Å²) >= 11 is 0. The number of benzene rings is 1. The zero-order valence-electron chi connectivity index (χ0n) is 12.1. The Balaban J connectivity index is 1.91. The van der Waals surface area contributed by atoms with Crippen LogP contribution in [0.25, 0.3) is 0 Å². The summed E-state index contributed by atoms with van der Waals surface area (Å²) in [5.41, 5.74) is 8.13. The molecule has 1 aromatic carbocycles. The van der Waals surface area contributed by atoms with E-state index in [2.05, 4.69) is 10.2 Å². The van der Waals surface area contributed by atoms with Crippen molar-refractivity contribution in [3.05, 3.63) is 23.8 Å². The molecule has 0 aromatic heterocycles. The van der Waals surface area contributed by atoms with Crippen LogP contribution in [0.15, 0.2) is 18.2 Å². The van der Waals surface area contributed by atoms with Gasteiger partial charge < -0.3 is 16.2 Å². The van der Waals surface area contributed by atoms with Crippen molar-refractivity contribution in [2.24, 2.45) is 5.92 Å². The van der Waals surface area contributed by atoms with Gasteiger partial charge in [0.15, 0.2) is 0 Å². The summed E-state index contributed by atoms with van der Waals surface area (Å²) in [7, 11) is 0. The van der Waals surface area contributed by atoms with E-state index >= 15 is 0 Å². The molecule has 0 bridgehead atoms. The molecule has 0 aliphatic carbocycles. The molecule has 2 atom stereocenters. The molecule has 1 aromatic rings. The van der Waals surface area contributed by atoms with Gasteiger partial charge in [-0.1, -0.05) is 13.0 Å². The number of anilines is 2. The second-order valence-corrected chi connectivity index (χ2v) is 5.69. The minimum absolute atomic E-state index is 0.0395. The molecule has 2 rings (SSSR count). The summed E-state index contributed by atoms with van der Waals surface area (Å²) in [6.07, 6.45) is 0.483. The van der Waals surface area contributed by atoms with Crippen molar-refractivity contribution in [3.8, 4) is 0 Å². The number of piperidine rings is 1. The second kappa shape index (κ2) is 6.24. The van der Waals surface area contributed by atoms with Gasteiger partial charge in [-0.3, -0.25) is 9.69 Å². The zero-order chi connectivity index (χ0) is 14.7. The molecule has 1 aliphatic rings. The van der Waals surface area contributed by atoms with Crippen LogP contribution in [0.3, 0.4) is 0 Å². The molecular weight excluding hydrogens is 254 g/mol. The van der Waals surface area contributed by atoms with E-state index in [4.69, 9.17) is 5.73 Å². The highest BCUT2D eigenvalue weighted by atomic mass is 16.3. The molecule has 2 unspecified atom stereocenters. The van der Waals surface area contributed by atoms with Crippen molar-refractivity contribution in [1.82, 2.24) is 4.90 Å². The Bertz CT molecular complexity index is 490. The number of nitrogens with one attached hydrogen (secondary N) is 1. The van der Waals surface area contributed by atoms with Crippen molar-refractivity contribution in [2.45, 2.75) is 26.4 Å². The van der Waals surface area contributed by atoms with Gasteiger partial charge >= 0.3 is 0 Å². The van der Waals surface area contributed by atoms with Crippen molar-refractivity contribution in [2.75, 3.05) is 30.7 Å². The zero-order valence-corrected chi connectivity index (χ0v) is 12.1. The van der Waals surface area contributed by atoms with Crippen LogP contribution in [0, 0.1) is 12.8 Å². The lowest BCUT2D eigenvalue weighted by atomic mass is 9.97. The molecule has 1 saturated heterocycles. The minimum Gasteiger partial charge on any atom is -0.399 e. The summed E-state index contributed by atoms with van der Waals surface area (Å²) in [5, 5.41) is 12.6. The molecule has 0 saturated carbocycles. The Labute approximate surface area is 119 Å². The van der Waals surface area contributed by atoms with E-state index in [0.717, 1.165) is 30.8 Å². The third-order valence-corrected chi connectivity index (χ3v) is 3.85. The van der Waals surface area contributed by atoms with E-state index in [1.165, 1.54) is 0 Å². The summed E-state index contributed by atoms with van der Waals surface area (Å²) in [6.45, 7) is 5.82. The lowest BCUT2D eigenvalue weighted by molar-refractivity contribution is -0.118. The molecule has 5 heteroatoms. The van der Waals surface area contributed by atoms with Crippen LogP contribution >= 0.6 is 0 Å². The number of hydrogen-bond donors (Lipinski definition) is 3. The topological polar surface area (TPSA) is 78.6 Å². The maximum absolute atomic E-state index is 12.1. The monoisotopic (exact) mass is 277 g/mol. The van der Waals surface area contributed by atoms with Gasteiger partial charge in [0.2, 0.25) is 5.91 Å². The number of nitrogens with two attached hydrogens (primary N) is 1. The van der Waals surface area contributed by atoms with Crippen molar-refractivity contribution in [3.63, 3.8) is 0 Å². The molecule has 1 heterocycles. The molecule has 4 N–H and O–H groups in total. The van der Waals surface area contributed by atoms with Crippen LogP contribution in [0.4, 0.5) is 11.4 Å². The Morgan fingerprint density at radius 1 is 1.55 bits per heavy atom. The molecule has 1 fully saturated rings. The Kier molecular flexibility index (Phi) is 4.62. The highest BCUT2D eigenvalue weighted by Gasteiger charge is 2.25. The first-order chi connectivity index (χ1) is 9.45. The number of rotatable bonds is 3. The number of nitrogen functional groups attached to an aromatic ring is 1. The number of likely N-dealkylation sites (tertiary alicyclic amines) is 1. The van der Waals surface area contributed by atoms with E-state index in [9.17, 15) is 9.90 Å². The van der Waals surface area contributed by atoms with E-state index < -0.39 is 0 Å². The number of nitrogens with zero attached hydrogens (tertiary/aromatic N) is 1. The first kappa shape index (κ1) is 14.8. The molecule has 5 nitrogen and oxygen atoms in total. The van der Waals surface area contributed by atoms with Crippen molar-refractivity contribution >= 4 is 17.3 Å². The number of aryl methyl sites for hydroxylation is 1. The first-order valence-electron chi connectivity index (χ1n) is 7.02. The van der Waals surface area contributed by atoms with E-state index in [1.54, 1.807) is 6.07 Å². The maximum atomic E-state index is 12.1. The van der Waals surface area contributed by atoms with Crippen LogP contribution < -0.4 is 11.1 Å². The molecular formula is C15H23N3O2. The highest BCUT2D eigenvalue weighted by Crippen LogP contribution is 2.19. The lowest BCUT2D eigenvalue weighted by Crippen LogP contribution is -2.45. The smallest absolute Gasteiger partial charge is 0.238 e. The number of carbonyl (C=O) groups is 1. The van der Waals surface area contributed by atoms with Crippen LogP contribution in [0.1, 0.15) is 18.9 Å². The summed E-state index contributed by atoms with van der Waals surface area (Å²) < 4.78 is 0. The SMILES string of the molecule is Cc1ccc(N)cc1NC(=O)CN1CCC(O)C(C)C1. The van der Waals surface area contributed by atoms with Crippen LogP contribution in [0.5, 0.6) is 0 Å². The molecule has 110 valence electrons. The number of hydrogen-bond acceptors (Lipinski definition) is 4. The van der Waals surface area contributed by atoms with Crippen LogP contribution in [-0.2, 0) is 4.79 Å². The minimum atomic E-state index is -0.245. The van der Waals surface area contributed by atoms with Gasteiger partial charge in [0.1, 0.15) is 0 Å². The third kappa shape index (κ3) is 3.71. The number of aliphatic hydroxyl groups excluding tert-OH is 1. The molecule has 1 amide bonds. The number of carbonyl (C=O) groups excluding carboxylic acids is 1. The van der Waals surface area contributed by atoms with E-state index in [-0.39, 0.29) is 17.9 Å². The Morgan fingerprint density at radius 2 is 2.30 bits per heavy atom. The lowest BCUT2D eigenvalue weighted by Gasteiger charge is -2.33. The summed E-state index contributed by atoms with van der Waals surface area (Å²) in [6, 6.07) is 5.48. The summed E-state index contributed by atoms with van der Waals surface area (Å²) in [5.74, 6) is 0.174. The fourth-order valence-electron chi connectivity index (χ4n) is 2.53. The normalized spacial score (nSPS) is 23.6. The van der Waals surface area contributed by atoms with E-state index in [1.807, 2.05) is 26.0 Å². The quantitative estimate of drug-likeness (QED) is 0.726. The predicted molar refractivity (Wildman–Crippen MR) is 80.4 cm³/mol. The number of amides is 1. The average molecular weight is 277 g/mol. The van der Waals surface area contributed by atoms with Gasteiger partial charge in [0.25, 0.3) is 0 Å². The molecule has 0 spiro atoms. The highest BCUT2D eigenvalue weighted by molar-refractivity contribution is 5.93. The maximum Gasteiger partial charge on any atom is 0.238 e. The molecule has 1 aliphatic heterocycles. The van der Waals surface area contributed by atoms with Gasteiger partial charge in [0.05, 0.1) is 12.6 Å². The standard InChI is InChI=1S/C15H23N3O2/c1-10-3-4-12(16)7-13(10)17-15(20)9-18-6-5-14(19)11(2)8-18/h3-4,7,11,14,19H,5-6,8-9,16H2,1-2H3,(H,17,20). The second-order valence-electron chi connectivity index (χ2n) is 5.69. The third-order valence-electron chi connectivity index (χ3n) is 3.85. The fraction of sp³-hybridized carbons (Fsp3) is 0.533. The van der Waals surface area contributed by atoms with Crippen LogP contribution in [-0.4, -0.2) is 41.7 Å². The van der Waals surface area contributed by atoms with Crippen molar-refractivity contribution in [1.29, 1.82) is 0 Å². The van der Waals surface area contributed by atoms with Gasteiger partial charge in [0, 0.05) is 24.5 Å². The van der Waals surface area contributed by atoms with Gasteiger partial charge in [-0.25, -0.2) is 0 Å². The first-order valence-corrected chi connectivity index (χ1v) is 7.02. The Morgan fingerprint density at radius 3 is 3.00 bits per heavy atom. The Hall–Kier alpha value is -1.59. The van der Waals surface area contributed by atoms with Crippen molar-refractivity contribution < 1.29 is 9.90 Å². The average Bonchev–Trinajstić information content (AvgIpc) is 2.38. The van der Waals surface area contributed by atoms with E-state index in [0.29, 0.717) is 12.2 Å².